The number of nitrogens with one attached hydrogen (secondary N) is 1. The van der Waals surface area contributed by atoms with E-state index in [1.807, 2.05) is 71.3 Å². The summed E-state index contributed by atoms with van der Waals surface area (Å²) in [5.74, 6) is 0.234. The molecule has 0 bridgehead atoms. The number of anilines is 2. The van der Waals surface area contributed by atoms with E-state index in [0.717, 1.165) is 11.1 Å². The number of benzene rings is 2. The van der Waals surface area contributed by atoms with Crippen LogP contribution < -0.4 is 21.9 Å². The third-order valence-electron chi connectivity index (χ3n) is 6.05. The van der Waals surface area contributed by atoms with Crippen molar-refractivity contribution >= 4 is 65.6 Å². The highest BCUT2D eigenvalue weighted by molar-refractivity contribution is 9.10. The molecule has 242 valence electrons. The standard InChI is InChI=1S/C14H15N7O.C13H9BrN6.2CH4.H2O.H2P/c1-22-14-18-9-11(17)19-12(10(15)16)20-13(9)21(14)7-8-5-3-2-4-6-8;14-13-19-10-11(16)17-9(6-15)18-12(10)20(13)7-8-4-2-1-3-5-8;;;;/h2-6H,7H2,1H3,(H3,15,16)(H2,17,19,20);1-5H,7H2,(H2,16,17,18);2*1H4;2*1H2/q;;;;;-1/p-1. The molecule has 6 aromatic rings. The zero-order valence-corrected chi connectivity index (χ0v) is 26.0. The summed E-state index contributed by atoms with van der Waals surface area (Å²) in [7, 11) is 1.53. The minimum atomic E-state index is -0.250. The van der Waals surface area contributed by atoms with E-state index in [0.29, 0.717) is 46.2 Å². The summed E-state index contributed by atoms with van der Waals surface area (Å²) in [5, 5.41) is 16.4. The van der Waals surface area contributed by atoms with Gasteiger partial charge in [-0.25, -0.2) is 15.0 Å². The quantitative estimate of drug-likeness (QED) is 0.0820. The Morgan fingerprint density at radius 1 is 0.826 bits per heavy atom. The van der Waals surface area contributed by atoms with Crippen LogP contribution in [0.5, 0.6) is 6.01 Å². The maximum absolute atomic E-state index is 8.94. The van der Waals surface area contributed by atoms with Crippen molar-refractivity contribution < 1.29 is 10.2 Å². The van der Waals surface area contributed by atoms with E-state index in [1.54, 1.807) is 4.57 Å². The van der Waals surface area contributed by atoms with E-state index in [9.17, 15) is 0 Å². The second-order valence-corrected chi connectivity index (χ2v) is 9.57. The van der Waals surface area contributed by atoms with Crippen LogP contribution in [0.4, 0.5) is 11.6 Å². The predicted octanol–water partition coefficient (Wildman–Crippen LogP) is 4.26. The van der Waals surface area contributed by atoms with Crippen molar-refractivity contribution in [1.29, 1.82) is 10.7 Å². The van der Waals surface area contributed by atoms with Crippen LogP contribution in [0.25, 0.3) is 22.3 Å². The topological polar surface area (TPSA) is 252 Å². The van der Waals surface area contributed by atoms with Gasteiger partial charge in [-0.3, -0.25) is 14.5 Å². The Kier molecular flexibility index (Phi) is 14.1. The first-order chi connectivity index (χ1) is 20.3. The lowest BCUT2D eigenvalue weighted by Gasteiger charge is -2.08. The van der Waals surface area contributed by atoms with E-state index < -0.39 is 0 Å². The first kappa shape index (κ1) is 38.8. The largest absolute Gasteiger partial charge is 0.870 e. The van der Waals surface area contributed by atoms with Gasteiger partial charge in [0.1, 0.15) is 6.07 Å². The van der Waals surface area contributed by atoms with E-state index in [4.69, 9.17) is 32.6 Å². The van der Waals surface area contributed by atoms with Crippen LogP contribution in [0.2, 0.25) is 0 Å². The lowest BCUT2D eigenvalue weighted by atomic mass is 10.2. The summed E-state index contributed by atoms with van der Waals surface area (Å²) in [6.07, 6.45) is 0. The monoisotopic (exact) mass is 707 g/mol. The molecule has 15 nitrogen and oxygen atoms in total. The van der Waals surface area contributed by atoms with Crippen molar-refractivity contribution in [1.82, 2.24) is 39.0 Å². The van der Waals surface area contributed by atoms with Gasteiger partial charge in [-0.1, -0.05) is 75.5 Å². The second kappa shape index (κ2) is 16.7. The third-order valence-corrected chi connectivity index (χ3v) is 6.66. The molecule has 0 saturated carbocycles. The maximum Gasteiger partial charge on any atom is 0.298 e. The lowest BCUT2D eigenvalue weighted by Crippen LogP contribution is -2.17. The number of halogens is 1. The zero-order chi connectivity index (χ0) is 29.8. The summed E-state index contributed by atoms with van der Waals surface area (Å²) in [6.45, 7) is 1.09. The summed E-state index contributed by atoms with van der Waals surface area (Å²) in [5.41, 5.74) is 21.3. The number of rotatable bonds is 6. The number of ether oxygens (including phenoxy) is 1. The third kappa shape index (κ3) is 8.07. The molecular formula is C29H35BrN13O2P-2. The molecule has 8 N–H and O–H groups in total. The Labute approximate surface area is 277 Å². The second-order valence-electron chi connectivity index (χ2n) is 8.86. The Morgan fingerprint density at radius 3 is 1.85 bits per heavy atom. The van der Waals surface area contributed by atoms with Crippen LogP contribution >= 0.6 is 25.8 Å². The molecule has 0 unspecified atom stereocenters. The van der Waals surface area contributed by atoms with Crippen LogP contribution in [0, 0.1) is 16.7 Å². The Hall–Kier alpha value is -5.23. The van der Waals surface area contributed by atoms with Crippen molar-refractivity contribution in [2.75, 3.05) is 18.6 Å². The van der Waals surface area contributed by atoms with E-state index in [-0.39, 0.29) is 59.3 Å². The van der Waals surface area contributed by atoms with Gasteiger partial charge < -0.3 is 37.3 Å². The van der Waals surface area contributed by atoms with E-state index in [1.165, 1.54) is 7.11 Å². The molecule has 4 heterocycles. The smallest absolute Gasteiger partial charge is 0.298 e. The number of methoxy groups -OCH3 is 1. The highest BCUT2D eigenvalue weighted by atomic mass is 79.9. The molecule has 46 heavy (non-hydrogen) atoms. The Balaban J connectivity index is 0.000000425. The Bertz CT molecular complexity index is 1960. The number of aromatic nitrogens is 8. The zero-order valence-electron chi connectivity index (χ0n) is 23.3. The summed E-state index contributed by atoms with van der Waals surface area (Å²) in [4.78, 5) is 25.0. The number of hydrogen-bond donors (Lipinski definition) is 4. The van der Waals surface area contributed by atoms with Crippen LogP contribution in [0.1, 0.15) is 37.6 Å². The number of nitrogen functional groups attached to an aromatic ring is 3. The van der Waals surface area contributed by atoms with Crippen molar-refractivity contribution in [2.24, 2.45) is 5.73 Å². The Morgan fingerprint density at radius 2 is 1.33 bits per heavy atom. The van der Waals surface area contributed by atoms with Crippen molar-refractivity contribution in [3.8, 4) is 12.1 Å². The highest BCUT2D eigenvalue weighted by Gasteiger charge is 2.18. The SMILES string of the molecule is C.C.COc1nc2c(N)nc(C(=N)N)nc2n1Cc1ccccc1.N#Cc1nc(N)c2nc(Br)n(Cc3ccccc3)c2n1.[OH-].[PH2-]. The molecule has 0 spiro atoms. The number of nitriles is 1. The van der Waals surface area contributed by atoms with Crippen LogP contribution in [0.15, 0.2) is 65.4 Å². The van der Waals surface area contributed by atoms with Crippen LogP contribution in [0.3, 0.4) is 0 Å². The summed E-state index contributed by atoms with van der Waals surface area (Å²) < 4.78 is 9.53. The molecule has 0 aliphatic heterocycles. The average Bonchev–Trinajstić information content (AvgIpc) is 3.51. The van der Waals surface area contributed by atoms with Gasteiger partial charge in [0.15, 0.2) is 50.4 Å². The first-order valence-corrected chi connectivity index (χ1v) is 13.2. The molecule has 0 radical (unpaired) electrons. The molecule has 0 atom stereocenters. The highest BCUT2D eigenvalue weighted by Crippen LogP contribution is 2.25. The van der Waals surface area contributed by atoms with Gasteiger partial charge in [0.05, 0.1) is 20.2 Å². The van der Waals surface area contributed by atoms with Crippen molar-refractivity contribution in [2.45, 2.75) is 27.9 Å². The summed E-state index contributed by atoms with van der Waals surface area (Å²) >= 11 is 3.39. The fraction of sp³-hybridized carbons (Fsp3) is 0.172. The number of imidazole rings is 2. The van der Waals surface area contributed by atoms with Gasteiger partial charge in [0.25, 0.3) is 6.01 Å². The fourth-order valence-electron chi connectivity index (χ4n) is 4.14. The minimum Gasteiger partial charge on any atom is -0.870 e. The lowest BCUT2D eigenvalue weighted by molar-refractivity contribution is 0.363. The molecule has 0 aliphatic rings. The molecule has 4 aromatic heterocycles. The van der Waals surface area contributed by atoms with Crippen molar-refractivity contribution in [3.05, 3.63) is 88.2 Å². The summed E-state index contributed by atoms with van der Waals surface area (Å²) in [6, 6.07) is 22.0. The molecule has 6 rings (SSSR count). The van der Waals surface area contributed by atoms with Crippen LogP contribution in [-0.4, -0.2) is 57.5 Å². The van der Waals surface area contributed by atoms with Gasteiger partial charge >= 0.3 is 0 Å². The van der Waals surface area contributed by atoms with Gasteiger partial charge in [0, 0.05) is 0 Å². The molecule has 17 heteroatoms. The van der Waals surface area contributed by atoms with Crippen molar-refractivity contribution in [3.63, 3.8) is 0 Å². The van der Waals surface area contributed by atoms with Gasteiger partial charge in [0.2, 0.25) is 5.82 Å². The maximum atomic E-state index is 8.94. The number of nitrogens with zero attached hydrogens (tertiary/aromatic N) is 9. The number of fused-ring (bicyclic) bond motifs is 2. The molecule has 2 aromatic carbocycles. The normalized spacial score (nSPS) is 9.76. The van der Waals surface area contributed by atoms with E-state index >= 15 is 0 Å². The van der Waals surface area contributed by atoms with Gasteiger partial charge in [-0.05, 0) is 27.1 Å². The van der Waals surface area contributed by atoms with Gasteiger partial charge in [-0.15, -0.1) is 0 Å². The number of nitrogens with two attached hydrogens (primary N) is 3. The minimum absolute atomic E-state index is 0. The number of amidine groups is 1. The number of hydrogen-bond acceptors (Lipinski definition) is 12. The first-order valence-electron chi connectivity index (χ1n) is 12.4. The molecular weight excluding hydrogens is 673 g/mol. The van der Waals surface area contributed by atoms with E-state index in [2.05, 4.69) is 45.8 Å². The molecule has 0 saturated heterocycles. The fourth-order valence-corrected chi connectivity index (χ4v) is 4.61. The molecule has 0 aliphatic carbocycles. The average molecular weight is 709 g/mol. The molecule has 0 amide bonds. The van der Waals surface area contributed by atoms with Crippen LogP contribution in [-0.2, 0) is 13.1 Å². The van der Waals surface area contributed by atoms with Gasteiger partial charge in [-0.2, -0.15) is 20.2 Å². The molecule has 0 fully saturated rings. The predicted molar refractivity (Wildman–Crippen MR) is 186 cm³/mol.